The Hall–Kier alpha value is -2.47. The lowest BCUT2D eigenvalue weighted by Crippen LogP contribution is -2.13. The van der Waals surface area contributed by atoms with Gasteiger partial charge in [0.25, 0.3) is 0 Å². The van der Waals surface area contributed by atoms with Gasteiger partial charge in [0.2, 0.25) is 0 Å². The topological polar surface area (TPSA) is 90.2 Å². The zero-order chi connectivity index (χ0) is 14.4. The first-order valence-electron chi connectivity index (χ1n) is 5.99. The summed E-state index contributed by atoms with van der Waals surface area (Å²) in [6.07, 6.45) is 1.60. The van der Waals surface area contributed by atoms with Gasteiger partial charge in [-0.2, -0.15) is 0 Å². The molecule has 3 N–H and O–H groups in total. The lowest BCUT2D eigenvalue weighted by Gasteiger charge is -2.10. The Labute approximate surface area is 116 Å². The fraction of sp³-hybridized carbons (Fsp3) is 0.214. The van der Waals surface area contributed by atoms with Crippen LogP contribution in [0.1, 0.15) is 16.9 Å². The van der Waals surface area contributed by atoms with Gasteiger partial charge in [0.15, 0.2) is 5.84 Å². The molecule has 0 atom stereocenters. The van der Waals surface area contributed by atoms with Crippen molar-refractivity contribution < 1.29 is 19.1 Å². The molecule has 0 aliphatic carbocycles. The van der Waals surface area contributed by atoms with E-state index in [4.69, 9.17) is 24.8 Å². The van der Waals surface area contributed by atoms with Crippen molar-refractivity contribution in [2.75, 3.05) is 7.11 Å². The van der Waals surface area contributed by atoms with Crippen molar-refractivity contribution >= 4 is 5.84 Å². The van der Waals surface area contributed by atoms with Crippen LogP contribution in [-0.2, 0) is 18.0 Å². The number of methoxy groups -OCH3 is 1. The molecule has 6 nitrogen and oxygen atoms in total. The molecule has 2 rings (SSSR count). The highest BCUT2D eigenvalue weighted by atomic mass is 16.5. The quantitative estimate of drug-likeness (QED) is 0.365. The summed E-state index contributed by atoms with van der Waals surface area (Å²) in [5, 5.41) is 11.7. The van der Waals surface area contributed by atoms with Crippen LogP contribution in [0.3, 0.4) is 0 Å². The van der Waals surface area contributed by atoms with Crippen LogP contribution >= 0.6 is 0 Å². The molecule has 0 aliphatic heterocycles. The fourth-order valence-electron chi connectivity index (χ4n) is 1.76. The fourth-order valence-corrected chi connectivity index (χ4v) is 1.76. The Bertz CT molecular complexity index is 579. The van der Waals surface area contributed by atoms with Crippen molar-refractivity contribution in [2.24, 2.45) is 10.9 Å². The molecule has 0 saturated carbocycles. The molecule has 106 valence electrons. The molecule has 0 unspecified atom stereocenters. The van der Waals surface area contributed by atoms with Crippen LogP contribution in [0.2, 0.25) is 0 Å². The Balaban J connectivity index is 2.08. The molecule has 0 aliphatic rings. The van der Waals surface area contributed by atoms with E-state index >= 15 is 0 Å². The number of nitrogens with zero attached hydrogens (tertiary/aromatic N) is 1. The van der Waals surface area contributed by atoms with Crippen molar-refractivity contribution in [3.05, 3.63) is 53.5 Å². The number of rotatable bonds is 6. The lowest BCUT2D eigenvalue weighted by atomic mass is 10.1. The summed E-state index contributed by atoms with van der Waals surface area (Å²) in [5.74, 6) is 1.47. The Morgan fingerprint density at radius 2 is 2.20 bits per heavy atom. The van der Waals surface area contributed by atoms with Gasteiger partial charge in [0.1, 0.15) is 18.1 Å². The van der Waals surface area contributed by atoms with Crippen molar-refractivity contribution in [1.29, 1.82) is 0 Å². The molecule has 0 fully saturated rings. The Morgan fingerprint density at radius 3 is 2.85 bits per heavy atom. The van der Waals surface area contributed by atoms with Crippen molar-refractivity contribution in [2.45, 2.75) is 13.2 Å². The predicted molar refractivity (Wildman–Crippen MR) is 72.7 cm³/mol. The highest BCUT2D eigenvalue weighted by Crippen LogP contribution is 2.21. The second-order valence-corrected chi connectivity index (χ2v) is 4.08. The number of hydrogen-bond acceptors (Lipinski definition) is 5. The first-order valence-corrected chi connectivity index (χ1v) is 5.99. The minimum atomic E-state index is 0.0416. The van der Waals surface area contributed by atoms with Gasteiger partial charge >= 0.3 is 0 Å². The number of ether oxygens (including phenoxy) is 2. The van der Waals surface area contributed by atoms with Gasteiger partial charge in [-0.15, -0.1) is 0 Å². The first kappa shape index (κ1) is 14.0. The van der Waals surface area contributed by atoms with Gasteiger partial charge in [-0.3, -0.25) is 0 Å². The van der Waals surface area contributed by atoms with Gasteiger partial charge in [-0.25, -0.2) is 0 Å². The zero-order valence-electron chi connectivity index (χ0n) is 11.1. The number of nitrogens with two attached hydrogens (primary N) is 1. The summed E-state index contributed by atoms with van der Waals surface area (Å²) in [6.45, 7) is 0.695. The van der Waals surface area contributed by atoms with Crippen LogP contribution in [0.25, 0.3) is 0 Å². The molecule has 0 bridgehead atoms. The summed E-state index contributed by atoms with van der Waals surface area (Å²) >= 11 is 0. The summed E-state index contributed by atoms with van der Waals surface area (Å²) in [5.41, 5.74) is 6.97. The van der Waals surface area contributed by atoms with Crippen LogP contribution in [0.4, 0.5) is 0 Å². The van der Waals surface area contributed by atoms with E-state index in [1.165, 1.54) is 0 Å². The molecule has 6 heteroatoms. The first-order chi connectivity index (χ1) is 9.74. The van der Waals surface area contributed by atoms with E-state index in [1.54, 1.807) is 37.6 Å². The van der Waals surface area contributed by atoms with Crippen LogP contribution in [-0.4, -0.2) is 18.2 Å². The van der Waals surface area contributed by atoms with Crippen molar-refractivity contribution in [3.63, 3.8) is 0 Å². The lowest BCUT2D eigenvalue weighted by molar-refractivity contribution is 0.0914. The zero-order valence-corrected chi connectivity index (χ0v) is 11.1. The average Bonchev–Trinajstić information content (AvgIpc) is 2.99. The molecule has 1 aromatic heterocycles. The molecule has 0 radical (unpaired) electrons. The molecule has 0 amide bonds. The Morgan fingerprint density at radius 1 is 1.35 bits per heavy atom. The molecule has 0 saturated heterocycles. The summed E-state index contributed by atoms with van der Waals surface area (Å²) in [4.78, 5) is 0. The highest BCUT2D eigenvalue weighted by molar-refractivity contribution is 5.97. The molecule has 2 aromatic rings. The second-order valence-electron chi connectivity index (χ2n) is 4.08. The van der Waals surface area contributed by atoms with Gasteiger partial charge < -0.3 is 24.8 Å². The normalized spacial score (nSPS) is 11.6. The van der Waals surface area contributed by atoms with E-state index in [9.17, 15) is 0 Å². The maximum Gasteiger partial charge on any atom is 0.170 e. The van der Waals surface area contributed by atoms with Gasteiger partial charge in [0.05, 0.1) is 20.0 Å². The predicted octanol–water partition coefficient (Wildman–Crippen LogP) is 2.10. The van der Waals surface area contributed by atoms with Gasteiger partial charge in [-0.05, 0) is 30.3 Å². The Kier molecular flexibility index (Phi) is 4.62. The third-order valence-electron chi connectivity index (χ3n) is 2.77. The smallest absolute Gasteiger partial charge is 0.170 e. The van der Waals surface area contributed by atoms with Crippen LogP contribution < -0.4 is 10.5 Å². The minimum Gasteiger partial charge on any atom is -0.496 e. The molecular formula is C14H16N2O4. The largest absolute Gasteiger partial charge is 0.496 e. The maximum absolute atomic E-state index is 8.69. The number of furan rings is 1. The third-order valence-corrected chi connectivity index (χ3v) is 2.77. The van der Waals surface area contributed by atoms with Crippen LogP contribution in [0.5, 0.6) is 5.75 Å². The number of amidine groups is 1. The summed E-state index contributed by atoms with van der Waals surface area (Å²) in [7, 11) is 1.58. The molecule has 1 heterocycles. The summed E-state index contributed by atoms with van der Waals surface area (Å²) in [6, 6.07) is 8.86. The molecule has 20 heavy (non-hydrogen) atoms. The molecule has 0 spiro atoms. The average molecular weight is 276 g/mol. The molecule has 1 aromatic carbocycles. The third kappa shape index (κ3) is 3.30. The SMILES string of the molecule is COc1ccc(/C(N)=N/O)cc1COCc1ccco1. The number of hydrogen-bond donors (Lipinski definition) is 2. The number of benzene rings is 1. The highest BCUT2D eigenvalue weighted by Gasteiger charge is 2.08. The maximum atomic E-state index is 8.69. The second kappa shape index (κ2) is 6.63. The minimum absolute atomic E-state index is 0.0416. The van der Waals surface area contributed by atoms with Crippen LogP contribution in [0.15, 0.2) is 46.2 Å². The van der Waals surface area contributed by atoms with E-state index in [0.717, 1.165) is 11.3 Å². The van der Waals surface area contributed by atoms with E-state index < -0.39 is 0 Å². The number of oxime groups is 1. The van der Waals surface area contributed by atoms with E-state index in [2.05, 4.69) is 5.16 Å². The molecular weight excluding hydrogens is 260 g/mol. The van der Waals surface area contributed by atoms with E-state index in [-0.39, 0.29) is 5.84 Å². The van der Waals surface area contributed by atoms with Crippen molar-refractivity contribution in [3.8, 4) is 5.75 Å². The standard InChI is InChI=1S/C14H16N2O4/c1-18-13-5-4-10(14(15)16-17)7-11(13)8-19-9-12-3-2-6-20-12/h2-7,17H,8-9H2,1H3,(H2,15,16). The van der Waals surface area contributed by atoms with Crippen LogP contribution in [0, 0.1) is 0 Å². The van der Waals surface area contributed by atoms with E-state index in [1.807, 2.05) is 6.07 Å². The van der Waals surface area contributed by atoms with Gasteiger partial charge in [-0.1, -0.05) is 5.16 Å². The van der Waals surface area contributed by atoms with E-state index in [0.29, 0.717) is 24.5 Å². The monoisotopic (exact) mass is 276 g/mol. The van der Waals surface area contributed by atoms with Gasteiger partial charge in [0, 0.05) is 11.1 Å². The summed E-state index contributed by atoms with van der Waals surface area (Å²) < 4.78 is 16.0. The van der Waals surface area contributed by atoms with Crippen molar-refractivity contribution in [1.82, 2.24) is 0 Å².